The number of halogens is 1. The van der Waals surface area contributed by atoms with Gasteiger partial charge < -0.3 is 10.2 Å². The normalized spacial score (nSPS) is 17.2. The number of rotatable bonds is 4. The molecule has 3 rings (SSSR count). The van der Waals surface area contributed by atoms with Crippen molar-refractivity contribution in [1.82, 2.24) is 10.2 Å². The van der Waals surface area contributed by atoms with Gasteiger partial charge in [0.15, 0.2) is 0 Å². The number of amides is 1. The van der Waals surface area contributed by atoms with Crippen molar-refractivity contribution in [1.29, 1.82) is 0 Å². The molecule has 4 heteroatoms. The van der Waals surface area contributed by atoms with Gasteiger partial charge in [0.25, 0.3) is 5.91 Å². The van der Waals surface area contributed by atoms with E-state index < -0.39 is 0 Å². The van der Waals surface area contributed by atoms with E-state index in [0.29, 0.717) is 6.04 Å². The Labute approximate surface area is 150 Å². The highest BCUT2D eigenvalue weighted by atomic mass is 35.5. The summed E-state index contributed by atoms with van der Waals surface area (Å²) in [6, 6.07) is 18.9. The van der Waals surface area contributed by atoms with Crippen LogP contribution in [-0.4, -0.2) is 36.5 Å². The fraction of sp³-hybridized carbons (Fsp3) is 0.350. The van der Waals surface area contributed by atoms with E-state index in [0.717, 1.165) is 43.6 Å². The maximum Gasteiger partial charge on any atom is 0.254 e. The van der Waals surface area contributed by atoms with E-state index in [9.17, 15) is 4.79 Å². The first-order valence-corrected chi connectivity index (χ1v) is 8.38. The number of piperazine rings is 1. The van der Waals surface area contributed by atoms with E-state index in [1.54, 1.807) is 0 Å². The molecule has 0 aliphatic carbocycles. The van der Waals surface area contributed by atoms with E-state index in [1.807, 2.05) is 29.2 Å². The molecule has 0 saturated carbocycles. The largest absolute Gasteiger partial charge is 0.336 e. The van der Waals surface area contributed by atoms with Crippen LogP contribution in [-0.2, 0) is 12.8 Å². The van der Waals surface area contributed by atoms with Crippen LogP contribution >= 0.6 is 12.4 Å². The average molecular weight is 345 g/mol. The Morgan fingerprint density at radius 2 is 1.79 bits per heavy atom. The maximum atomic E-state index is 12.9. The molecule has 1 unspecified atom stereocenters. The highest BCUT2D eigenvalue weighted by Gasteiger charge is 2.23. The van der Waals surface area contributed by atoms with Gasteiger partial charge in [0.1, 0.15) is 0 Å². The molecule has 24 heavy (non-hydrogen) atoms. The lowest BCUT2D eigenvalue weighted by atomic mass is 9.98. The van der Waals surface area contributed by atoms with Gasteiger partial charge in [-0.1, -0.05) is 48.5 Å². The molecule has 1 atom stereocenters. The van der Waals surface area contributed by atoms with Gasteiger partial charge in [-0.15, -0.1) is 12.4 Å². The molecule has 3 nitrogen and oxygen atoms in total. The van der Waals surface area contributed by atoms with Gasteiger partial charge in [0.05, 0.1) is 0 Å². The fourth-order valence-electron chi connectivity index (χ4n) is 3.16. The molecule has 1 aliphatic heterocycles. The van der Waals surface area contributed by atoms with Gasteiger partial charge in [0, 0.05) is 31.2 Å². The second-order valence-corrected chi connectivity index (χ2v) is 6.25. The van der Waals surface area contributed by atoms with Crippen LogP contribution in [0.25, 0.3) is 0 Å². The predicted molar refractivity (Wildman–Crippen MR) is 101 cm³/mol. The van der Waals surface area contributed by atoms with Gasteiger partial charge in [-0.2, -0.15) is 0 Å². The first-order chi connectivity index (χ1) is 11.2. The molecule has 1 amide bonds. The van der Waals surface area contributed by atoms with E-state index in [2.05, 4.69) is 42.6 Å². The molecule has 0 bridgehead atoms. The summed E-state index contributed by atoms with van der Waals surface area (Å²) in [7, 11) is 0. The van der Waals surface area contributed by atoms with Crippen molar-refractivity contribution in [2.75, 3.05) is 19.6 Å². The lowest BCUT2D eigenvalue weighted by Gasteiger charge is -2.32. The molecule has 1 N–H and O–H groups in total. The molecular weight excluding hydrogens is 320 g/mol. The summed E-state index contributed by atoms with van der Waals surface area (Å²) in [4.78, 5) is 14.9. The Morgan fingerprint density at radius 1 is 1.08 bits per heavy atom. The second-order valence-electron chi connectivity index (χ2n) is 6.25. The molecule has 2 aromatic rings. The van der Waals surface area contributed by atoms with Gasteiger partial charge in [-0.3, -0.25) is 4.79 Å². The van der Waals surface area contributed by atoms with Gasteiger partial charge >= 0.3 is 0 Å². The lowest BCUT2D eigenvalue weighted by molar-refractivity contribution is 0.0708. The molecule has 1 saturated heterocycles. The zero-order chi connectivity index (χ0) is 16.1. The Kier molecular flexibility index (Phi) is 6.83. The molecule has 1 aliphatic rings. The second kappa shape index (κ2) is 8.86. The minimum Gasteiger partial charge on any atom is -0.336 e. The number of hydrogen-bond acceptors (Lipinski definition) is 2. The number of carbonyl (C=O) groups is 1. The molecule has 2 aromatic carbocycles. The summed E-state index contributed by atoms with van der Waals surface area (Å²) in [5, 5.41) is 3.39. The number of hydrogen-bond donors (Lipinski definition) is 1. The fourth-order valence-corrected chi connectivity index (χ4v) is 3.16. The lowest BCUT2D eigenvalue weighted by Crippen LogP contribution is -2.51. The predicted octanol–water partition coefficient (Wildman–Crippen LogP) is 3.33. The maximum absolute atomic E-state index is 12.9. The molecule has 1 fully saturated rings. The van der Waals surface area contributed by atoms with Crippen molar-refractivity contribution in [2.24, 2.45) is 0 Å². The van der Waals surface area contributed by atoms with Gasteiger partial charge in [-0.05, 0) is 37.0 Å². The van der Waals surface area contributed by atoms with E-state index in [1.165, 1.54) is 5.56 Å². The summed E-state index contributed by atoms with van der Waals surface area (Å²) in [6.45, 7) is 4.57. The van der Waals surface area contributed by atoms with Crippen LogP contribution in [0.2, 0.25) is 0 Å². The minimum absolute atomic E-state index is 0. The molecule has 1 heterocycles. The third-order valence-corrected chi connectivity index (χ3v) is 4.43. The molecule has 128 valence electrons. The number of benzene rings is 2. The van der Waals surface area contributed by atoms with Crippen LogP contribution in [0.5, 0.6) is 0 Å². The summed E-state index contributed by atoms with van der Waals surface area (Å²) in [6.07, 6.45) is 1.86. The summed E-state index contributed by atoms with van der Waals surface area (Å²) < 4.78 is 0. The number of carbonyl (C=O) groups excluding carboxylic acids is 1. The molecule has 0 radical (unpaired) electrons. The Hall–Kier alpha value is -1.84. The van der Waals surface area contributed by atoms with Gasteiger partial charge in [-0.25, -0.2) is 0 Å². The Balaban J connectivity index is 0.00000208. The molecular formula is C20H25ClN2O. The summed E-state index contributed by atoms with van der Waals surface area (Å²) in [5.74, 6) is 0.169. The zero-order valence-corrected chi connectivity index (χ0v) is 14.9. The van der Waals surface area contributed by atoms with Crippen molar-refractivity contribution >= 4 is 18.3 Å². The molecule has 0 spiro atoms. The number of nitrogens with zero attached hydrogens (tertiary/aromatic N) is 1. The zero-order valence-electron chi connectivity index (χ0n) is 14.1. The highest BCUT2D eigenvalue weighted by molar-refractivity contribution is 5.95. The third-order valence-electron chi connectivity index (χ3n) is 4.43. The summed E-state index contributed by atoms with van der Waals surface area (Å²) >= 11 is 0. The summed E-state index contributed by atoms with van der Waals surface area (Å²) in [5.41, 5.74) is 3.32. The van der Waals surface area contributed by atoms with Crippen molar-refractivity contribution in [2.45, 2.75) is 25.8 Å². The van der Waals surface area contributed by atoms with E-state index in [-0.39, 0.29) is 18.3 Å². The van der Waals surface area contributed by atoms with Gasteiger partial charge in [0.2, 0.25) is 0 Å². The average Bonchev–Trinajstić information content (AvgIpc) is 2.60. The smallest absolute Gasteiger partial charge is 0.254 e. The van der Waals surface area contributed by atoms with Crippen molar-refractivity contribution in [3.63, 3.8) is 0 Å². The third kappa shape index (κ3) is 4.59. The SMILES string of the molecule is CC1CN(C(=O)c2ccccc2CCc2ccccc2)CCN1.Cl. The van der Waals surface area contributed by atoms with Crippen molar-refractivity contribution in [3.05, 3.63) is 71.3 Å². The van der Waals surface area contributed by atoms with Crippen LogP contribution in [0.15, 0.2) is 54.6 Å². The van der Waals surface area contributed by atoms with E-state index in [4.69, 9.17) is 0 Å². The number of aryl methyl sites for hydroxylation is 2. The first kappa shape index (κ1) is 18.5. The Morgan fingerprint density at radius 3 is 2.54 bits per heavy atom. The van der Waals surface area contributed by atoms with Crippen molar-refractivity contribution < 1.29 is 4.79 Å². The molecule has 0 aromatic heterocycles. The van der Waals surface area contributed by atoms with Crippen LogP contribution < -0.4 is 5.32 Å². The topological polar surface area (TPSA) is 32.3 Å². The number of nitrogens with one attached hydrogen (secondary N) is 1. The van der Waals surface area contributed by atoms with Crippen LogP contribution in [0.4, 0.5) is 0 Å². The monoisotopic (exact) mass is 344 g/mol. The highest BCUT2D eigenvalue weighted by Crippen LogP contribution is 2.16. The van der Waals surface area contributed by atoms with Crippen LogP contribution in [0.1, 0.15) is 28.4 Å². The van der Waals surface area contributed by atoms with E-state index >= 15 is 0 Å². The quantitative estimate of drug-likeness (QED) is 0.922. The Bertz CT molecular complexity index is 660. The van der Waals surface area contributed by atoms with Crippen LogP contribution in [0, 0.1) is 0 Å². The van der Waals surface area contributed by atoms with Crippen molar-refractivity contribution in [3.8, 4) is 0 Å². The minimum atomic E-state index is 0. The van der Waals surface area contributed by atoms with Crippen LogP contribution in [0.3, 0.4) is 0 Å². The first-order valence-electron chi connectivity index (χ1n) is 8.38. The standard InChI is InChI=1S/C20H24N2O.ClH/c1-16-15-22(14-13-21-16)20(23)19-10-6-5-9-18(19)12-11-17-7-3-2-4-8-17;/h2-10,16,21H,11-15H2,1H3;1H.